The largest absolute Gasteiger partial charge is 0.370 e. The van der Waals surface area contributed by atoms with E-state index < -0.39 is 0 Å². The first-order valence-corrected chi connectivity index (χ1v) is 8.44. The van der Waals surface area contributed by atoms with Crippen LogP contribution in [0.5, 0.6) is 0 Å². The number of rotatable bonds is 4. The Bertz CT molecular complexity index is 846. The number of anilines is 1. The Balaban J connectivity index is 1.57. The van der Waals surface area contributed by atoms with Crippen molar-refractivity contribution in [2.24, 2.45) is 13.0 Å². The number of hydrogen-bond donors (Lipinski definition) is 1. The van der Waals surface area contributed by atoms with Gasteiger partial charge >= 0.3 is 0 Å². The van der Waals surface area contributed by atoms with E-state index in [1.807, 2.05) is 19.9 Å². The van der Waals surface area contributed by atoms with Crippen molar-refractivity contribution in [3.05, 3.63) is 51.7 Å². The summed E-state index contributed by atoms with van der Waals surface area (Å²) in [5, 5.41) is 7.07. The van der Waals surface area contributed by atoms with Crippen LogP contribution in [-0.2, 0) is 7.05 Å². The molecule has 7 heteroatoms. The monoisotopic (exact) mass is 341 g/mol. The Labute approximate surface area is 146 Å². The molecule has 1 amide bonds. The SMILES string of the molecule is Cc1cc(C)c(C(=O)NCC2CCN(c3cnn(C)c(=O)c3)C2)cn1. The Morgan fingerprint density at radius 1 is 1.32 bits per heavy atom. The number of nitrogens with zero attached hydrogens (tertiary/aromatic N) is 4. The minimum Gasteiger partial charge on any atom is -0.370 e. The van der Waals surface area contributed by atoms with Gasteiger partial charge in [-0.2, -0.15) is 5.10 Å². The van der Waals surface area contributed by atoms with Crippen molar-refractivity contribution in [2.75, 3.05) is 24.5 Å². The molecule has 1 fully saturated rings. The highest BCUT2D eigenvalue weighted by molar-refractivity contribution is 5.95. The van der Waals surface area contributed by atoms with E-state index in [9.17, 15) is 9.59 Å². The molecule has 0 saturated carbocycles. The van der Waals surface area contributed by atoms with Crippen LogP contribution in [0.1, 0.15) is 28.0 Å². The molecule has 3 heterocycles. The van der Waals surface area contributed by atoms with Gasteiger partial charge in [-0.05, 0) is 37.8 Å². The number of aromatic nitrogens is 3. The molecule has 1 N–H and O–H groups in total. The van der Waals surface area contributed by atoms with Crippen molar-refractivity contribution in [1.29, 1.82) is 0 Å². The fraction of sp³-hybridized carbons (Fsp3) is 0.444. The highest BCUT2D eigenvalue weighted by Gasteiger charge is 2.24. The minimum atomic E-state index is -0.114. The molecule has 1 aliphatic rings. The smallest absolute Gasteiger partial charge is 0.268 e. The number of nitrogens with one attached hydrogen (secondary N) is 1. The van der Waals surface area contributed by atoms with Crippen LogP contribution in [0.4, 0.5) is 5.69 Å². The summed E-state index contributed by atoms with van der Waals surface area (Å²) in [4.78, 5) is 30.4. The summed E-state index contributed by atoms with van der Waals surface area (Å²) in [7, 11) is 1.64. The van der Waals surface area contributed by atoms with Crippen LogP contribution in [0, 0.1) is 19.8 Å². The van der Waals surface area contributed by atoms with Crippen LogP contribution in [0.3, 0.4) is 0 Å². The first-order chi connectivity index (χ1) is 11.9. The molecule has 7 nitrogen and oxygen atoms in total. The van der Waals surface area contributed by atoms with E-state index in [4.69, 9.17) is 0 Å². The average molecular weight is 341 g/mol. The van der Waals surface area contributed by atoms with Crippen LogP contribution in [-0.4, -0.2) is 40.3 Å². The average Bonchev–Trinajstić information content (AvgIpc) is 3.04. The molecule has 132 valence electrons. The van der Waals surface area contributed by atoms with Crippen molar-refractivity contribution in [3.63, 3.8) is 0 Å². The quantitative estimate of drug-likeness (QED) is 0.899. The van der Waals surface area contributed by atoms with Gasteiger partial charge in [-0.3, -0.25) is 14.6 Å². The third kappa shape index (κ3) is 3.87. The zero-order valence-corrected chi connectivity index (χ0v) is 14.8. The molecule has 0 bridgehead atoms. The van der Waals surface area contributed by atoms with E-state index in [0.29, 0.717) is 18.0 Å². The van der Waals surface area contributed by atoms with Gasteiger partial charge in [0.15, 0.2) is 0 Å². The molecule has 2 aromatic heterocycles. The van der Waals surface area contributed by atoms with E-state index >= 15 is 0 Å². The fourth-order valence-electron chi connectivity index (χ4n) is 3.13. The van der Waals surface area contributed by atoms with Crippen molar-refractivity contribution >= 4 is 11.6 Å². The first-order valence-electron chi connectivity index (χ1n) is 8.44. The molecule has 0 aromatic carbocycles. The topological polar surface area (TPSA) is 80.1 Å². The number of amides is 1. The number of pyridine rings is 1. The summed E-state index contributed by atoms with van der Waals surface area (Å²) in [6.07, 6.45) is 4.32. The lowest BCUT2D eigenvalue weighted by Crippen LogP contribution is -2.32. The van der Waals surface area contributed by atoms with E-state index in [1.165, 1.54) is 4.68 Å². The molecule has 0 aliphatic carbocycles. The van der Waals surface area contributed by atoms with Gasteiger partial charge in [0.1, 0.15) is 0 Å². The number of aryl methyl sites for hydroxylation is 3. The third-order valence-electron chi connectivity index (χ3n) is 4.65. The first kappa shape index (κ1) is 17.1. The number of carbonyl (C=O) groups excluding carboxylic acids is 1. The van der Waals surface area contributed by atoms with Crippen molar-refractivity contribution in [2.45, 2.75) is 20.3 Å². The van der Waals surface area contributed by atoms with Gasteiger partial charge in [0, 0.05) is 44.6 Å². The molecule has 2 aromatic rings. The summed E-state index contributed by atoms with van der Waals surface area (Å²) < 4.78 is 1.31. The fourth-order valence-corrected chi connectivity index (χ4v) is 3.13. The predicted octanol–water partition coefficient (Wildman–Crippen LogP) is 1.05. The standard InChI is InChI=1S/C18H23N5O2/c1-12-6-13(2)19-10-16(12)18(25)20-8-14-4-5-23(11-14)15-7-17(24)22(3)21-9-15/h6-7,9-10,14H,4-5,8,11H2,1-3H3,(H,20,25). The highest BCUT2D eigenvalue weighted by atomic mass is 16.1. The van der Waals surface area contributed by atoms with E-state index in [1.54, 1.807) is 25.5 Å². The normalized spacial score (nSPS) is 16.9. The second-order valence-electron chi connectivity index (χ2n) is 6.63. The van der Waals surface area contributed by atoms with Crippen LogP contribution in [0.25, 0.3) is 0 Å². The lowest BCUT2D eigenvalue weighted by Gasteiger charge is -2.18. The molecular weight excluding hydrogens is 318 g/mol. The van der Waals surface area contributed by atoms with Crippen LogP contribution in [0.2, 0.25) is 0 Å². The van der Waals surface area contributed by atoms with Crippen LogP contribution >= 0.6 is 0 Å². The molecule has 1 aliphatic heterocycles. The Kier molecular flexibility index (Phi) is 4.83. The maximum absolute atomic E-state index is 12.3. The van der Waals surface area contributed by atoms with Gasteiger partial charge in [0.05, 0.1) is 17.4 Å². The van der Waals surface area contributed by atoms with Crippen LogP contribution < -0.4 is 15.8 Å². The summed E-state index contributed by atoms with van der Waals surface area (Å²) in [6.45, 7) is 6.11. The molecule has 0 spiro atoms. The van der Waals surface area contributed by atoms with Crippen LogP contribution in [0.15, 0.2) is 29.3 Å². The summed E-state index contributed by atoms with van der Waals surface area (Å²) in [6, 6.07) is 3.52. The van der Waals surface area contributed by atoms with Gasteiger partial charge in [0.25, 0.3) is 11.5 Å². The Morgan fingerprint density at radius 2 is 2.12 bits per heavy atom. The third-order valence-corrected chi connectivity index (χ3v) is 4.65. The molecule has 1 saturated heterocycles. The van der Waals surface area contributed by atoms with Gasteiger partial charge in [0.2, 0.25) is 0 Å². The second-order valence-corrected chi connectivity index (χ2v) is 6.63. The molecule has 0 radical (unpaired) electrons. The second kappa shape index (κ2) is 7.04. The van der Waals surface area contributed by atoms with E-state index in [0.717, 1.165) is 36.5 Å². The molecule has 25 heavy (non-hydrogen) atoms. The van der Waals surface area contributed by atoms with Crippen molar-refractivity contribution < 1.29 is 4.79 Å². The Hall–Kier alpha value is -2.70. The molecule has 3 rings (SSSR count). The minimum absolute atomic E-state index is 0.0845. The van der Waals surface area contributed by atoms with Gasteiger partial charge in [-0.15, -0.1) is 0 Å². The zero-order chi connectivity index (χ0) is 18.0. The lowest BCUT2D eigenvalue weighted by molar-refractivity contribution is 0.0947. The van der Waals surface area contributed by atoms with Gasteiger partial charge < -0.3 is 10.2 Å². The zero-order valence-electron chi connectivity index (χ0n) is 14.8. The number of carbonyl (C=O) groups is 1. The summed E-state index contributed by atoms with van der Waals surface area (Å²) >= 11 is 0. The van der Waals surface area contributed by atoms with Crippen molar-refractivity contribution in [1.82, 2.24) is 20.1 Å². The molecule has 1 unspecified atom stereocenters. The van der Waals surface area contributed by atoms with Gasteiger partial charge in [-0.25, -0.2) is 4.68 Å². The summed E-state index contributed by atoms with van der Waals surface area (Å²) in [5.41, 5.74) is 3.19. The maximum Gasteiger partial charge on any atom is 0.268 e. The van der Waals surface area contributed by atoms with Gasteiger partial charge in [-0.1, -0.05) is 0 Å². The number of hydrogen-bond acceptors (Lipinski definition) is 5. The maximum atomic E-state index is 12.3. The van der Waals surface area contributed by atoms with E-state index in [-0.39, 0.29) is 11.5 Å². The summed E-state index contributed by atoms with van der Waals surface area (Å²) in [5.74, 6) is 0.269. The molecule has 1 atom stereocenters. The highest BCUT2D eigenvalue weighted by Crippen LogP contribution is 2.21. The molecular formula is C18H23N5O2. The predicted molar refractivity (Wildman–Crippen MR) is 95.8 cm³/mol. The Morgan fingerprint density at radius 3 is 2.84 bits per heavy atom. The lowest BCUT2D eigenvalue weighted by atomic mass is 10.1. The van der Waals surface area contributed by atoms with Crippen molar-refractivity contribution in [3.8, 4) is 0 Å². The van der Waals surface area contributed by atoms with E-state index in [2.05, 4.69) is 20.3 Å².